The van der Waals surface area contributed by atoms with Crippen LogP contribution in [0.15, 0.2) is 18.2 Å². The van der Waals surface area contributed by atoms with Crippen molar-refractivity contribution < 1.29 is 9.53 Å². The molecule has 1 unspecified atom stereocenters. The summed E-state index contributed by atoms with van der Waals surface area (Å²) in [6, 6.07) is 6.47. The van der Waals surface area contributed by atoms with Gasteiger partial charge in [0.2, 0.25) is 0 Å². The maximum atomic E-state index is 11.9. The van der Waals surface area contributed by atoms with Crippen LogP contribution in [0.2, 0.25) is 0 Å². The Balaban J connectivity index is 2.08. The van der Waals surface area contributed by atoms with E-state index in [1.165, 1.54) is 24.0 Å². The molecule has 0 bridgehead atoms. The molecule has 3 nitrogen and oxygen atoms in total. The van der Waals surface area contributed by atoms with E-state index in [9.17, 15) is 4.79 Å². The van der Waals surface area contributed by atoms with E-state index in [1.54, 1.807) is 7.11 Å². The SMILES string of the molecule is CCCC(Br)Cc1ccc2c(c1)CCN2C(=O)COC. The van der Waals surface area contributed by atoms with Gasteiger partial charge in [0, 0.05) is 24.2 Å². The Bertz CT molecular complexity index is 476. The molecule has 0 aliphatic carbocycles. The average molecular weight is 340 g/mol. The van der Waals surface area contributed by atoms with Gasteiger partial charge in [-0.25, -0.2) is 0 Å². The third kappa shape index (κ3) is 3.61. The number of anilines is 1. The Morgan fingerprint density at radius 1 is 1.50 bits per heavy atom. The van der Waals surface area contributed by atoms with Crippen LogP contribution in [0.3, 0.4) is 0 Å². The van der Waals surface area contributed by atoms with Crippen LogP contribution < -0.4 is 4.90 Å². The zero-order valence-electron chi connectivity index (χ0n) is 12.2. The van der Waals surface area contributed by atoms with E-state index in [2.05, 4.69) is 41.1 Å². The lowest BCUT2D eigenvalue weighted by Crippen LogP contribution is -2.31. The molecule has 2 rings (SSSR count). The Morgan fingerprint density at radius 3 is 3.00 bits per heavy atom. The maximum absolute atomic E-state index is 11.9. The molecule has 0 spiro atoms. The van der Waals surface area contributed by atoms with Gasteiger partial charge in [0.1, 0.15) is 6.61 Å². The molecule has 0 N–H and O–H groups in total. The molecular formula is C16H22BrNO2. The van der Waals surface area contributed by atoms with E-state index in [4.69, 9.17) is 4.74 Å². The van der Waals surface area contributed by atoms with Crippen molar-refractivity contribution >= 4 is 27.5 Å². The summed E-state index contributed by atoms with van der Waals surface area (Å²) in [7, 11) is 1.56. The lowest BCUT2D eigenvalue weighted by Gasteiger charge is -2.17. The number of amides is 1. The van der Waals surface area contributed by atoms with Crippen molar-refractivity contribution in [2.24, 2.45) is 0 Å². The van der Waals surface area contributed by atoms with Crippen LogP contribution in [0, 0.1) is 0 Å². The van der Waals surface area contributed by atoms with Crippen LogP contribution in [0.1, 0.15) is 30.9 Å². The number of nitrogens with zero attached hydrogens (tertiary/aromatic N) is 1. The maximum Gasteiger partial charge on any atom is 0.252 e. The second-order valence-electron chi connectivity index (χ2n) is 5.28. The molecule has 0 saturated heterocycles. The van der Waals surface area contributed by atoms with Crippen LogP contribution in [0.25, 0.3) is 0 Å². The first kappa shape index (κ1) is 15.5. The van der Waals surface area contributed by atoms with E-state index in [-0.39, 0.29) is 12.5 Å². The molecule has 1 heterocycles. The first-order valence-electron chi connectivity index (χ1n) is 7.21. The van der Waals surface area contributed by atoms with Crippen molar-refractivity contribution in [3.05, 3.63) is 29.3 Å². The zero-order chi connectivity index (χ0) is 14.5. The van der Waals surface area contributed by atoms with Crippen molar-refractivity contribution in [1.29, 1.82) is 0 Å². The summed E-state index contributed by atoms with van der Waals surface area (Å²) in [5, 5.41) is 0. The second-order valence-corrected chi connectivity index (χ2v) is 6.58. The van der Waals surface area contributed by atoms with Crippen LogP contribution in [-0.4, -0.2) is 31.0 Å². The fourth-order valence-electron chi connectivity index (χ4n) is 2.71. The number of hydrogen-bond donors (Lipinski definition) is 0. The summed E-state index contributed by atoms with van der Waals surface area (Å²) in [5.41, 5.74) is 3.68. The van der Waals surface area contributed by atoms with Crippen molar-refractivity contribution in [2.75, 3.05) is 25.2 Å². The first-order chi connectivity index (χ1) is 9.65. The standard InChI is InChI=1S/C16H22BrNO2/c1-3-4-14(17)10-12-5-6-15-13(9-12)7-8-18(15)16(19)11-20-2/h5-6,9,14H,3-4,7-8,10-11H2,1-2H3. The summed E-state index contributed by atoms with van der Waals surface area (Å²) in [5.74, 6) is 0.0448. The van der Waals surface area contributed by atoms with Gasteiger partial charge in [0.05, 0.1) is 0 Å². The zero-order valence-corrected chi connectivity index (χ0v) is 13.8. The number of benzene rings is 1. The molecule has 0 aromatic heterocycles. The highest BCUT2D eigenvalue weighted by Crippen LogP contribution is 2.30. The number of carbonyl (C=O) groups is 1. The van der Waals surface area contributed by atoms with Crippen LogP contribution in [0.5, 0.6) is 0 Å². The predicted molar refractivity (Wildman–Crippen MR) is 85.7 cm³/mol. The molecule has 1 aliphatic heterocycles. The molecule has 1 atom stereocenters. The number of ether oxygens (including phenoxy) is 1. The normalized spacial score (nSPS) is 15.2. The molecule has 110 valence electrons. The predicted octanol–water partition coefficient (Wildman–Crippen LogP) is 3.33. The van der Waals surface area contributed by atoms with Crippen LogP contribution in [-0.2, 0) is 22.4 Å². The van der Waals surface area contributed by atoms with Gasteiger partial charge in [-0.05, 0) is 36.5 Å². The third-order valence-corrected chi connectivity index (χ3v) is 4.45. The molecular weight excluding hydrogens is 318 g/mol. The van der Waals surface area contributed by atoms with Crippen LogP contribution >= 0.6 is 15.9 Å². The van der Waals surface area contributed by atoms with Gasteiger partial charge in [-0.3, -0.25) is 4.79 Å². The third-order valence-electron chi connectivity index (χ3n) is 3.67. The second kappa shape index (κ2) is 7.23. The minimum absolute atomic E-state index is 0.0448. The quantitative estimate of drug-likeness (QED) is 0.744. The molecule has 0 saturated carbocycles. The average Bonchev–Trinajstić information content (AvgIpc) is 2.82. The number of carbonyl (C=O) groups excluding carboxylic acids is 1. The largest absolute Gasteiger partial charge is 0.375 e. The summed E-state index contributed by atoms with van der Waals surface area (Å²) >= 11 is 3.73. The van der Waals surface area contributed by atoms with Gasteiger partial charge in [-0.15, -0.1) is 0 Å². The van der Waals surface area contributed by atoms with E-state index >= 15 is 0 Å². The molecule has 0 fully saturated rings. The lowest BCUT2D eigenvalue weighted by molar-refractivity contribution is -0.122. The van der Waals surface area contributed by atoms with Gasteiger partial charge in [0.25, 0.3) is 5.91 Å². The highest BCUT2D eigenvalue weighted by Gasteiger charge is 2.24. The Morgan fingerprint density at radius 2 is 2.30 bits per heavy atom. The molecule has 1 aliphatic rings. The van der Waals surface area contributed by atoms with Crippen molar-refractivity contribution in [3.63, 3.8) is 0 Å². The van der Waals surface area contributed by atoms with E-state index in [0.29, 0.717) is 4.83 Å². The van der Waals surface area contributed by atoms with Gasteiger partial charge in [-0.2, -0.15) is 0 Å². The lowest BCUT2D eigenvalue weighted by atomic mass is 10.0. The minimum atomic E-state index is 0.0448. The fraction of sp³-hybridized carbons (Fsp3) is 0.562. The number of alkyl halides is 1. The number of hydrogen-bond acceptors (Lipinski definition) is 2. The molecule has 0 radical (unpaired) electrons. The van der Waals surface area contributed by atoms with E-state index in [0.717, 1.165) is 25.1 Å². The van der Waals surface area contributed by atoms with Crippen LogP contribution in [0.4, 0.5) is 5.69 Å². The summed E-state index contributed by atoms with van der Waals surface area (Å²) in [6.07, 6.45) is 4.38. The Hall–Kier alpha value is -0.870. The van der Waals surface area contributed by atoms with Crippen molar-refractivity contribution in [3.8, 4) is 0 Å². The first-order valence-corrected chi connectivity index (χ1v) is 8.12. The highest BCUT2D eigenvalue weighted by molar-refractivity contribution is 9.09. The summed E-state index contributed by atoms with van der Waals surface area (Å²) in [4.78, 5) is 14.3. The van der Waals surface area contributed by atoms with Gasteiger partial charge < -0.3 is 9.64 Å². The van der Waals surface area contributed by atoms with Gasteiger partial charge >= 0.3 is 0 Å². The van der Waals surface area contributed by atoms with Gasteiger partial charge in [0.15, 0.2) is 0 Å². The Labute approximate surface area is 129 Å². The molecule has 1 aromatic carbocycles. The molecule has 1 aromatic rings. The smallest absolute Gasteiger partial charge is 0.252 e. The number of halogens is 1. The van der Waals surface area contributed by atoms with Crippen molar-refractivity contribution in [1.82, 2.24) is 0 Å². The molecule has 4 heteroatoms. The number of rotatable bonds is 6. The Kier molecular flexibility index (Phi) is 5.61. The fourth-order valence-corrected chi connectivity index (χ4v) is 3.55. The highest BCUT2D eigenvalue weighted by atomic mass is 79.9. The van der Waals surface area contributed by atoms with E-state index in [1.807, 2.05) is 4.90 Å². The topological polar surface area (TPSA) is 29.5 Å². The minimum Gasteiger partial charge on any atom is -0.375 e. The molecule has 1 amide bonds. The number of fused-ring (bicyclic) bond motifs is 1. The molecule has 20 heavy (non-hydrogen) atoms. The summed E-state index contributed by atoms with van der Waals surface area (Å²) < 4.78 is 4.94. The van der Waals surface area contributed by atoms with E-state index < -0.39 is 0 Å². The summed E-state index contributed by atoms with van der Waals surface area (Å²) in [6.45, 7) is 3.13. The van der Waals surface area contributed by atoms with Gasteiger partial charge in [-0.1, -0.05) is 41.4 Å². The monoisotopic (exact) mass is 339 g/mol. The van der Waals surface area contributed by atoms with Crippen molar-refractivity contribution in [2.45, 2.75) is 37.4 Å². The number of methoxy groups -OCH3 is 1.